The third-order valence-electron chi connectivity index (χ3n) is 6.55. The molecule has 2 fully saturated rings. The molecule has 2 N–H and O–H groups in total. The van der Waals surface area contributed by atoms with Crippen molar-refractivity contribution in [2.75, 3.05) is 23.3 Å². The first-order valence-electron chi connectivity index (χ1n) is 11.0. The highest BCUT2D eigenvalue weighted by Gasteiger charge is 2.39. The Bertz CT molecular complexity index is 1220. The normalized spacial score (nSPS) is 21.0. The zero-order valence-electron chi connectivity index (χ0n) is 17.6. The smallest absolute Gasteiger partial charge is 0.159 e. The molecule has 6 nitrogen and oxygen atoms in total. The highest BCUT2D eigenvalue weighted by molar-refractivity contribution is 5.92. The lowest BCUT2D eigenvalue weighted by molar-refractivity contribution is 0.575. The van der Waals surface area contributed by atoms with Crippen LogP contribution in [0.3, 0.4) is 0 Å². The quantitative estimate of drug-likeness (QED) is 0.518. The first-order valence-corrected chi connectivity index (χ1v) is 11.0. The Morgan fingerprint density at radius 2 is 1.90 bits per heavy atom. The minimum atomic E-state index is 0.168. The SMILES string of the molecule is C[C@H](Nc1cc(-n2nc(N3CC4CC3CN4)c3ccccc32)ccn1)c1ccccc1. The summed E-state index contributed by atoms with van der Waals surface area (Å²) in [6.07, 6.45) is 3.06. The Morgan fingerprint density at radius 1 is 1.06 bits per heavy atom. The predicted molar refractivity (Wildman–Crippen MR) is 125 cm³/mol. The summed E-state index contributed by atoms with van der Waals surface area (Å²) in [6, 6.07) is 24.4. The van der Waals surface area contributed by atoms with Crippen molar-refractivity contribution in [3.05, 3.63) is 78.5 Å². The van der Waals surface area contributed by atoms with Crippen LogP contribution in [0.1, 0.15) is 24.9 Å². The van der Waals surface area contributed by atoms with Crippen LogP contribution in [-0.4, -0.2) is 39.9 Å². The van der Waals surface area contributed by atoms with E-state index in [4.69, 9.17) is 5.10 Å². The van der Waals surface area contributed by atoms with Gasteiger partial charge in [-0.25, -0.2) is 9.67 Å². The number of pyridine rings is 1. The van der Waals surface area contributed by atoms with Crippen molar-refractivity contribution in [2.24, 2.45) is 0 Å². The molecular weight excluding hydrogens is 384 g/mol. The molecule has 0 aliphatic carbocycles. The van der Waals surface area contributed by atoms with Crippen LogP contribution in [0.2, 0.25) is 0 Å². The van der Waals surface area contributed by atoms with Gasteiger partial charge in [0.05, 0.1) is 11.2 Å². The van der Waals surface area contributed by atoms with Crippen molar-refractivity contribution in [1.82, 2.24) is 20.1 Å². The van der Waals surface area contributed by atoms with Gasteiger partial charge in [0.1, 0.15) is 5.82 Å². The molecule has 2 aliphatic heterocycles. The monoisotopic (exact) mass is 410 g/mol. The second-order valence-corrected chi connectivity index (χ2v) is 8.58. The topological polar surface area (TPSA) is 58.0 Å². The predicted octanol–water partition coefficient (Wildman–Crippen LogP) is 4.14. The van der Waals surface area contributed by atoms with E-state index in [0.717, 1.165) is 35.9 Å². The first kappa shape index (κ1) is 18.4. The molecule has 2 saturated heterocycles. The molecular formula is C25H26N6. The van der Waals surface area contributed by atoms with Crippen LogP contribution in [0.25, 0.3) is 16.6 Å². The second-order valence-electron chi connectivity index (χ2n) is 8.58. The van der Waals surface area contributed by atoms with Crippen molar-refractivity contribution in [1.29, 1.82) is 0 Å². The number of para-hydroxylation sites is 1. The number of nitrogens with one attached hydrogen (secondary N) is 2. The molecule has 2 bridgehead atoms. The van der Waals surface area contributed by atoms with Gasteiger partial charge >= 0.3 is 0 Å². The minimum Gasteiger partial charge on any atom is -0.363 e. The molecule has 2 unspecified atom stereocenters. The summed E-state index contributed by atoms with van der Waals surface area (Å²) in [4.78, 5) is 7.04. The number of nitrogens with zero attached hydrogens (tertiary/aromatic N) is 4. The lowest BCUT2D eigenvalue weighted by Crippen LogP contribution is -2.43. The average molecular weight is 411 g/mol. The van der Waals surface area contributed by atoms with Gasteiger partial charge in [-0.2, -0.15) is 0 Å². The average Bonchev–Trinajstić information content (AvgIpc) is 3.54. The van der Waals surface area contributed by atoms with E-state index in [-0.39, 0.29) is 6.04 Å². The van der Waals surface area contributed by atoms with E-state index in [0.29, 0.717) is 12.1 Å². The molecule has 0 spiro atoms. The summed E-state index contributed by atoms with van der Waals surface area (Å²) >= 11 is 0. The molecule has 2 aromatic heterocycles. The number of piperazine rings is 1. The fourth-order valence-corrected chi connectivity index (χ4v) is 4.96. The standard InChI is InChI=1S/C25H26N6/c1-17(18-7-3-2-4-8-18)28-24-14-20(11-12-26-24)31-23-10-6-5-9-22(23)25(29-31)30-16-19-13-21(30)15-27-19/h2-12,14,17,19,21,27H,13,15-16H2,1H3,(H,26,28)/t17-,19?,21?/m0/s1. The van der Waals surface area contributed by atoms with Crippen LogP contribution in [-0.2, 0) is 0 Å². The maximum Gasteiger partial charge on any atom is 0.159 e. The number of hydrogen-bond donors (Lipinski definition) is 2. The zero-order valence-corrected chi connectivity index (χ0v) is 17.6. The molecule has 0 amide bonds. The molecule has 2 aromatic carbocycles. The van der Waals surface area contributed by atoms with Gasteiger partial charge in [0.25, 0.3) is 0 Å². The Labute approximate surface area is 181 Å². The summed E-state index contributed by atoms with van der Waals surface area (Å²) in [6.45, 7) is 4.23. The van der Waals surface area contributed by atoms with E-state index in [2.05, 4.69) is 86.7 Å². The Hall–Kier alpha value is -3.38. The molecule has 31 heavy (non-hydrogen) atoms. The van der Waals surface area contributed by atoms with Gasteiger partial charge in [0, 0.05) is 48.9 Å². The van der Waals surface area contributed by atoms with Crippen molar-refractivity contribution in [3.63, 3.8) is 0 Å². The van der Waals surface area contributed by atoms with Gasteiger partial charge in [-0.15, -0.1) is 5.10 Å². The van der Waals surface area contributed by atoms with Crippen molar-refractivity contribution < 1.29 is 0 Å². The van der Waals surface area contributed by atoms with Crippen LogP contribution in [0.15, 0.2) is 72.9 Å². The third kappa shape index (κ3) is 3.24. The van der Waals surface area contributed by atoms with Crippen molar-refractivity contribution in [3.8, 4) is 5.69 Å². The molecule has 4 heterocycles. The van der Waals surface area contributed by atoms with Gasteiger partial charge in [0.2, 0.25) is 0 Å². The third-order valence-corrected chi connectivity index (χ3v) is 6.55. The number of hydrogen-bond acceptors (Lipinski definition) is 5. The van der Waals surface area contributed by atoms with Gasteiger partial charge in [0.15, 0.2) is 5.82 Å². The minimum absolute atomic E-state index is 0.168. The van der Waals surface area contributed by atoms with Gasteiger partial charge in [-0.1, -0.05) is 42.5 Å². The van der Waals surface area contributed by atoms with Crippen LogP contribution in [0.4, 0.5) is 11.6 Å². The molecule has 2 aliphatic rings. The molecule has 3 atom stereocenters. The Balaban J connectivity index is 1.36. The summed E-state index contributed by atoms with van der Waals surface area (Å²) < 4.78 is 2.06. The van der Waals surface area contributed by atoms with Gasteiger partial charge in [-0.3, -0.25) is 0 Å². The zero-order chi connectivity index (χ0) is 20.8. The van der Waals surface area contributed by atoms with Crippen LogP contribution in [0, 0.1) is 0 Å². The summed E-state index contributed by atoms with van der Waals surface area (Å²) in [7, 11) is 0. The fraction of sp³-hybridized carbons (Fsp3) is 0.280. The molecule has 0 saturated carbocycles. The van der Waals surface area contributed by atoms with Crippen molar-refractivity contribution in [2.45, 2.75) is 31.5 Å². The van der Waals surface area contributed by atoms with E-state index >= 15 is 0 Å². The molecule has 156 valence electrons. The molecule has 6 heteroatoms. The number of rotatable bonds is 5. The number of benzene rings is 2. The highest BCUT2D eigenvalue weighted by Crippen LogP contribution is 2.35. The fourth-order valence-electron chi connectivity index (χ4n) is 4.96. The van der Waals surface area contributed by atoms with E-state index in [9.17, 15) is 0 Å². The van der Waals surface area contributed by atoms with Crippen LogP contribution < -0.4 is 15.5 Å². The number of fused-ring (bicyclic) bond motifs is 3. The maximum absolute atomic E-state index is 5.10. The van der Waals surface area contributed by atoms with E-state index in [1.54, 1.807) is 0 Å². The Kier molecular flexibility index (Phi) is 4.39. The largest absolute Gasteiger partial charge is 0.363 e. The van der Waals surface area contributed by atoms with Gasteiger partial charge < -0.3 is 15.5 Å². The van der Waals surface area contributed by atoms with Crippen LogP contribution >= 0.6 is 0 Å². The second kappa shape index (κ2) is 7.39. The summed E-state index contributed by atoms with van der Waals surface area (Å²) in [5.41, 5.74) is 3.38. The van der Waals surface area contributed by atoms with E-state index < -0.39 is 0 Å². The van der Waals surface area contributed by atoms with Crippen molar-refractivity contribution >= 4 is 22.5 Å². The lowest BCUT2D eigenvalue weighted by atomic mass is 10.1. The summed E-state index contributed by atoms with van der Waals surface area (Å²) in [5, 5.41) is 13.4. The van der Waals surface area contributed by atoms with Crippen LogP contribution in [0.5, 0.6) is 0 Å². The van der Waals surface area contributed by atoms with E-state index in [1.807, 2.05) is 18.3 Å². The highest BCUT2D eigenvalue weighted by atomic mass is 15.4. The number of aromatic nitrogens is 3. The van der Waals surface area contributed by atoms with Gasteiger partial charge in [-0.05, 0) is 37.1 Å². The summed E-state index contributed by atoms with van der Waals surface area (Å²) in [5.74, 6) is 1.94. The Morgan fingerprint density at radius 3 is 2.71 bits per heavy atom. The van der Waals surface area contributed by atoms with E-state index in [1.165, 1.54) is 17.4 Å². The first-order chi connectivity index (χ1) is 15.3. The number of anilines is 2. The molecule has 4 aromatic rings. The molecule has 0 radical (unpaired) electrons. The molecule has 6 rings (SSSR count). The maximum atomic E-state index is 5.10. The lowest BCUT2D eigenvalue weighted by Gasteiger charge is -2.27.